The van der Waals surface area contributed by atoms with Crippen molar-refractivity contribution in [3.63, 3.8) is 0 Å². The molecule has 1 aliphatic rings. The number of rotatable bonds is 1. The highest BCUT2D eigenvalue weighted by Gasteiger charge is 2.30. The van der Waals surface area contributed by atoms with Crippen molar-refractivity contribution < 1.29 is 9.90 Å². The summed E-state index contributed by atoms with van der Waals surface area (Å²) in [7, 11) is 3.66. The van der Waals surface area contributed by atoms with Gasteiger partial charge in [0, 0.05) is 26.4 Å². The van der Waals surface area contributed by atoms with Gasteiger partial charge in [-0.3, -0.25) is 4.79 Å². The number of ketones is 1. The van der Waals surface area contributed by atoms with Gasteiger partial charge in [0.15, 0.2) is 5.76 Å². The van der Waals surface area contributed by atoms with Crippen molar-refractivity contribution in [1.29, 1.82) is 0 Å². The molecule has 0 amide bonds. The van der Waals surface area contributed by atoms with Gasteiger partial charge in [-0.05, 0) is 0 Å². The van der Waals surface area contributed by atoms with E-state index in [-0.39, 0.29) is 17.5 Å². The fourth-order valence-electron chi connectivity index (χ4n) is 1.25. The van der Waals surface area contributed by atoms with E-state index in [1.165, 1.54) is 0 Å². The van der Waals surface area contributed by atoms with Crippen LogP contribution in [0.1, 0.15) is 13.3 Å². The molecule has 62 valence electrons. The average Bonchev–Trinajstić information content (AvgIpc) is 2.17. The first-order valence-corrected chi connectivity index (χ1v) is 3.67. The predicted molar refractivity (Wildman–Crippen MR) is 42.1 cm³/mol. The zero-order valence-corrected chi connectivity index (χ0v) is 7.09. The molecule has 0 spiro atoms. The lowest BCUT2D eigenvalue weighted by Crippen LogP contribution is -2.11. The van der Waals surface area contributed by atoms with E-state index in [4.69, 9.17) is 0 Å². The van der Waals surface area contributed by atoms with Crippen LogP contribution < -0.4 is 0 Å². The average molecular weight is 155 g/mol. The Morgan fingerprint density at radius 3 is 2.27 bits per heavy atom. The summed E-state index contributed by atoms with van der Waals surface area (Å²) < 4.78 is 0. The standard InChI is InChI=1S/C8H13NO2/c1-5-4-6(9(2)3)8(11)7(5)10/h5,11H,4H2,1-3H3. The van der Waals surface area contributed by atoms with E-state index in [0.717, 1.165) is 5.70 Å². The number of carbonyl (C=O) groups is 1. The van der Waals surface area contributed by atoms with Crippen LogP contribution in [0, 0.1) is 5.92 Å². The summed E-state index contributed by atoms with van der Waals surface area (Å²) in [5.74, 6) is -0.233. The second-order valence-corrected chi connectivity index (χ2v) is 3.16. The van der Waals surface area contributed by atoms with E-state index in [9.17, 15) is 9.90 Å². The smallest absolute Gasteiger partial charge is 0.202 e. The molecule has 3 nitrogen and oxygen atoms in total. The van der Waals surface area contributed by atoms with Crippen LogP contribution in [0.2, 0.25) is 0 Å². The van der Waals surface area contributed by atoms with Crippen LogP contribution in [0.15, 0.2) is 11.5 Å². The largest absolute Gasteiger partial charge is 0.503 e. The van der Waals surface area contributed by atoms with Gasteiger partial charge in [-0.1, -0.05) is 6.92 Å². The second kappa shape index (κ2) is 2.57. The first-order valence-electron chi connectivity index (χ1n) is 3.67. The molecular formula is C8H13NO2. The van der Waals surface area contributed by atoms with Crippen molar-refractivity contribution in [2.75, 3.05) is 14.1 Å². The molecule has 0 aromatic carbocycles. The summed E-state index contributed by atoms with van der Waals surface area (Å²) in [5, 5.41) is 9.29. The van der Waals surface area contributed by atoms with Gasteiger partial charge in [0.05, 0.1) is 5.70 Å². The van der Waals surface area contributed by atoms with E-state index in [1.54, 1.807) is 4.90 Å². The summed E-state index contributed by atoms with van der Waals surface area (Å²) in [6.07, 6.45) is 0.664. The van der Waals surface area contributed by atoms with Crippen LogP contribution in [0.4, 0.5) is 0 Å². The van der Waals surface area contributed by atoms with E-state index in [2.05, 4.69) is 0 Å². The van der Waals surface area contributed by atoms with Gasteiger partial charge in [0.2, 0.25) is 5.78 Å². The molecule has 0 fully saturated rings. The molecule has 1 aliphatic carbocycles. The van der Waals surface area contributed by atoms with Crippen molar-refractivity contribution in [3.05, 3.63) is 11.5 Å². The fraction of sp³-hybridized carbons (Fsp3) is 0.625. The summed E-state index contributed by atoms with van der Waals surface area (Å²) >= 11 is 0. The highest BCUT2D eigenvalue weighted by Crippen LogP contribution is 2.27. The summed E-state index contributed by atoms with van der Waals surface area (Å²) in [6, 6.07) is 0. The van der Waals surface area contributed by atoms with Gasteiger partial charge in [0.25, 0.3) is 0 Å². The van der Waals surface area contributed by atoms with Gasteiger partial charge < -0.3 is 10.0 Å². The summed E-state index contributed by atoms with van der Waals surface area (Å²) in [5.41, 5.74) is 0.752. The van der Waals surface area contributed by atoms with Gasteiger partial charge in [-0.15, -0.1) is 0 Å². The Hall–Kier alpha value is -0.990. The molecule has 0 bridgehead atoms. The molecule has 0 saturated heterocycles. The lowest BCUT2D eigenvalue weighted by molar-refractivity contribution is -0.120. The molecule has 0 heterocycles. The summed E-state index contributed by atoms with van der Waals surface area (Å²) in [6.45, 7) is 1.83. The lowest BCUT2D eigenvalue weighted by Gasteiger charge is -2.12. The number of hydrogen-bond acceptors (Lipinski definition) is 3. The number of nitrogens with zero attached hydrogens (tertiary/aromatic N) is 1. The van der Waals surface area contributed by atoms with Crippen molar-refractivity contribution >= 4 is 5.78 Å². The first-order chi connectivity index (χ1) is 5.04. The van der Waals surface area contributed by atoms with Gasteiger partial charge in [0.1, 0.15) is 0 Å². The Bertz CT molecular complexity index is 218. The minimum atomic E-state index is -0.131. The van der Waals surface area contributed by atoms with Crippen molar-refractivity contribution in [2.24, 2.45) is 5.92 Å². The normalized spacial score (nSPS) is 24.6. The van der Waals surface area contributed by atoms with Crippen LogP contribution in [0.25, 0.3) is 0 Å². The Balaban J connectivity index is 2.89. The lowest BCUT2D eigenvalue weighted by atomic mass is 10.1. The molecule has 1 atom stereocenters. The topological polar surface area (TPSA) is 40.5 Å². The molecule has 1 N–H and O–H groups in total. The number of carbonyl (C=O) groups excluding carboxylic acids is 1. The Morgan fingerprint density at radius 1 is 1.55 bits per heavy atom. The van der Waals surface area contributed by atoms with Crippen LogP contribution in [-0.2, 0) is 4.79 Å². The van der Waals surface area contributed by atoms with Crippen LogP contribution >= 0.6 is 0 Å². The van der Waals surface area contributed by atoms with Gasteiger partial charge in [-0.25, -0.2) is 0 Å². The highest BCUT2D eigenvalue weighted by atomic mass is 16.3. The molecule has 0 aliphatic heterocycles. The van der Waals surface area contributed by atoms with Crippen LogP contribution in [0.5, 0.6) is 0 Å². The van der Waals surface area contributed by atoms with Crippen molar-refractivity contribution in [3.8, 4) is 0 Å². The van der Waals surface area contributed by atoms with Crippen LogP contribution in [-0.4, -0.2) is 29.9 Å². The highest BCUT2D eigenvalue weighted by molar-refractivity contribution is 5.97. The van der Waals surface area contributed by atoms with Crippen molar-refractivity contribution in [2.45, 2.75) is 13.3 Å². The molecule has 1 unspecified atom stereocenters. The molecule has 1 rings (SSSR count). The Kier molecular flexibility index (Phi) is 1.89. The maximum Gasteiger partial charge on any atom is 0.202 e. The van der Waals surface area contributed by atoms with E-state index in [1.807, 2.05) is 21.0 Å². The zero-order chi connectivity index (χ0) is 8.59. The third kappa shape index (κ3) is 1.23. The predicted octanol–water partition coefficient (Wildman–Crippen LogP) is 0.927. The van der Waals surface area contributed by atoms with Gasteiger partial charge >= 0.3 is 0 Å². The van der Waals surface area contributed by atoms with E-state index >= 15 is 0 Å². The van der Waals surface area contributed by atoms with E-state index in [0.29, 0.717) is 6.42 Å². The quantitative estimate of drug-likeness (QED) is 0.612. The monoisotopic (exact) mass is 155 g/mol. The Morgan fingerprint density at radius 2 is 2.09 bits per heavy atom. The molecule has 3 heteroatoms. The zero-order valence-electron chi connectivity index (χ0n) is 7.09. The minimum Gasteiger partial charge on any atom is -0.503 e. The number of hydrogen-bond donors (Lipinski definition) is 1. The number of aliphatic hydroxyl groups excluding tert-OH is 1. The molecule has 0 saturated carbocycles. The third-order valence-corrected chi connectivity index (χ3v) is 1.99. The SMILES string of the molecule is CC1CC(N(C)C)=C(O)C1=O. The van der Waals surface area contributed by atoms with Gasteiger partial charge in [-0.2, -0.15) is 0 Å². The minimum absolute atomic E-state index is 0.0487. The number of allylic oxidation sites excluding steroid dienone is 2. The molecule has 0 aromatic heterocycles. The van der Waals surface area contributed by atoms with Crippen molar-refractivity contribution in [1.82, 2.24) is 4.90 Å². The maximum atomic E-state index is 11.1. The third-order valence-electron chi connectivity index (χ3n) is 1.99. The Labute approximate surface area is 66.3 Å². The fourth-order valence-corrected chi connectivity index (χ4v) is 1.25. The first kappa shape index (κ1) is 8.11. The second-order valence-electron chi connectivity index (χ2n) is 3.16. The molecule has 0 radical (unpaired) electrons. The van der Waals surface area contributed by atoms with E-state index < -0.39 is 0 Å². The van der Waals surface area contributed by atoms with Crippen LogP contribution in [0.3, 0.4) is 0 Å². The molecular weight excluding hydrogens is 142 g/mol. The number of aliphatic hydroxyl groups is 1. The molecule has 11 heavy (non-hydrogen) atoms. The number of Topliss-reactive ketones (excluding diaryl/α,β-unsaturated/α-hetero) is 1. The maximum absolute atomic E-state index is 11.1. The summed E-state index contributed by atoms with van der Waals surface area (Å²) in [4.78, 5) is 12.9. The molecule has 0 aromatic rings.